The van der Waals surface area contributed by atoms with Gasteiger partial charge in [-0.05, 0) is 49.2 Å². The van der Waals surface area contributed by atoms with Gasteiger partial charge >= 0.3 is 0 Å². The molecule has 0 radical (unpaired) electrons. The van der Waals surface area contributed by atoms with Crippen molar-refractivity contribution in [2.75, 3.05) is 22.5 Å². The first kappa shape index (κ1) is 16.5. The maximum Gasteiger partial charge on any atom is 0.258 e. The second kappa shape index (κ2) is 5.94. The predicted molar refractivity (Wildman–Crippen MR) is 96.1 cm³/mol. The summed E-state index contributed by atoms with van der Waals surface area (Å²) in [5.41, 5.74) is 3.20. The molecule has 1 heterocycles. The molecule has 0 saturated carbocycles. The second-order valence-corrected chi connectivity index (χ2v) is 8.15. The van der Waals surface area contributed by atoms with Crippen LogP contribution in [0.4, 0.5) is 11.4 Å². The summed E-state index contributed by atoms with van der Waals surface area (Å²) in [6, 6.07) is 14.7. The minimum Gasteiger partial charge on any atom is -0.305 e. The van der Waals surface area contributed by atoms with E-state index < -0.39 is 10.0 Å². The van der Waals surface area contributed by atoms with Crippen LogP contribution in [0.25, 0.3) is 0 Å². The van der Waals surface area contributed by atoms with Crippen molar-refractivity contribution >= 4 is 27.3 Å². The Morgan fingerprint density at radius 1 is 1.12 bits per heavy atom. The quantitative estimate of drug-likeness (QED) is 0.860. The number of rotatable bonds is 3. The summed E-state index contributed by atoms with van der Waals surface area (Å²) in [4.78, 5) is 14.7. The molecular weight excluding hydrogens is 324 g/mol. The lowest BCUT2D eigenvalue weighted by Gasteiger charge is -2.23. The summed E-state index contributed by atoms with van der Waals surface area (Å²) in [6.07, 6.45) is 1.99. The van der Waals surface area contributed by atoms with Gasteiger partial charge in [0.05, 0.1) is 11.9 Å². The Hall–Kier alpha value is -2.34. The standard InChI is InChI=1S/C18H20N2O3S/c1-13-12-15-6-4-5-7-17(15)20(13)18(21)14-8-10-16(11-9-14)19(2)24(3,22)23/h4-11,13H,12H2,1-3H3/t13-/m0/s1. The summed E-state index contributed by atoms with van der Waals surface area (Å²) in [5.74, 6) is -0.0685. The van der Waals surface area contributed by atoms with Crippen LogP contribution in [0.15, 0.2) is 48.5 Å². The maximum atomic E-state index is 12.9. The van der Waals surface area contributed by atoms with Crippen molar-refractivity contribution in [2.24, 2.45) is 0 Å². The molecule has 1 atom stereocenters. The van der Waals surface area contributed by atoms with Crippen LogP contribution >= 0.6 is 0 Å². The van der Waals surface area contributed by atoms with E-state index in [1.165, 1.54) is 16.9 Å². The molecule has 2 aromatic carbocycles. The first-order valence-corrected chi connectivity index (χ1v) is 9.59. The van der Waals surface area contributed by atoms with Gasteiger partial charge < -0.3 is 4.90 Å². The minimum atomic E-state index is -3.32. The van der Waals surface area contributed by atoms with Crippen LogP contribution in [-0.2, 0) is 16.4 Å². The highest BCUT2D eigenvalue weighted by Gasteiger charge is 2.31. The van der Waals surface area contributed by atoms with Gasteiger partial charge in [-0.1, -0.05) is 18.2 Å². The molecule has 1 aliphatic rings. The Bertz CT molecular complexity index is 875. The van der Waals surface area contributed by atoms with Gasteiger partial charge in [0, 0.05) is 24.3 Å². The molecule has 24 heavy (non-hydrogen) atoms. The SMILES string of the molecule is C[C@H]1Cc2ccccc2N1C(=O)c1ccc(N(C)S(C)(=O)=O)cc1. The number of nitrogens with zero attached hydrogens (tertiary/aromatic N) is 2. The van der Waals surface area contributed by atoms with Gasteiger partial charge in [-0.15, -0.1) is 0 Å². The van der Waals surface area contributed by atoms with E-state index in [1.807, 2.05) is 36.1 Å². The molecule has 1 aliphatic heterocycles. The van der Waals surface area contributed by atoms with Crippen LogP contribution < -0.4 is 9.21 Å². The molecule has 3 rings (SSSR count). The van der Waals surface area contributed by atoms with E-state index in [9.17, 15) is 13.2 Å². The third kappa shape index (κ3) is 2.89. The zero-order valence-corrected chi connectivity index (χ0v) is 14.7. The van der Waals surface area contributed by atoms with Gasteiger partial charge in [-0.3, -0.25) is 9.10 Å². The van der Waals surface area contributed by atoms with Crippen LogP contribution in [-0.4, -0.2) is 33.7 Å². The Morgan fingerprint density at radius 3 is 2.38 bits per heavy atom. The van der Waals surface area contributed by atoms with Gasteiger partial charge in [0.1, 0.15) is 0 Å². The van der Waals surface area contributed by atoms with E-state index in [0.717, 1.165) is 18.4 Å². The molecule has 126 valence electrons. The van der Waals surface area contributed by atoms with Crippen molar-refractivity contribution in [3.63, 3.8) is 0 Å². The topological polar surface area (TPSA) is 57.7 Å². The van der Waals surface area contributed by atoms with Gasteiger partial charge in [-0.25, -0.2) is 8.42 Å². The number of amides is 1. The highest BCUT2D eigenvalue weighted by atomic mass is 32.2. The molecule has 1 amide bonds. The van der Waals surface area contributed by atoms with Gasteiger partial charge in [0.25, 0.3) is 5.91 Å². The fourth-order valence-electron chi connectivity index (χ4n) is 3.02. The summed E-state index contributed by atoms with van der Waals surface area (Å²) in [5, 5.41) is 0. The molecule has 2 aromatic rings. The predicted octanol–water partition coefficient (Wildman–Crippen LogP) is 2.67. The summed E-state index contributed by atoms with van der Waals surface area (Å²) in [7, 11) is -1.82. The monoisotopic (exact) mass is 344 g/mol. The average Bonchev–Trinajstić information content (AvgIpc) is 2.88. The lowest BCUT2D eigenvalue weighted by atomic mass is 10.1. The Morgan fingerprint density at radius 2 is 1.75 bits per heavy atom. The lowest BCUT2D eigenvalue weighted by molar-refractivity contribution is 0.0981. The van der Waals surface area contributed by atoms with E-state index in [2.05, 4.69) is 0 Å². The van der Waals surface area contributed by atoms with E-state index in [4.69, 9.17) is 0 Å². The van der Waals surface area contributed by atoms with Gasteiger partial charge in [0.15, 0.2) is 0 Å². The number of carbonyl (C=O) groups excluding carboxylic acids is 1. The highest BCUT2D eigenvalue weighted by Crippen LogP contribution is 2.33. The van der Waals surface area contributed by atoms with Crippen molar-refractivity contribution in [3.8, 4) is 0 Å². The average molecular weight is 344 g/mol. The van der Waals surface area contributed by atoms with Crippen molar-refractivity contribution in [3.05, 3.63) is 59.7 Å². The lowest BCUT2D eigenvalue weighted by Crippen LogP contribution is -2.35. The Labute approximate surface area is 142 Å². The molecule has 0 aliphatic carbocycles. The number of hydrogen-bond acceptors (Lipinski definition) is 3. The van der Waals surface area contributed by atoms with Crippen LogP contribution in [0.3, 0.4) is 0 Å². The summed E-state index contributed by atoms with van der Waals surface area (Å²) < 4.78 is 24.4. The van der Waals surface area contributed by atoms with Crippen molar-refractivity contribution in [2.45, 2.75) is 19.4 Å². The number of benzene rings is 2. The molecule has 0 bridgehead atoms. The number of carbonyl (C=O) groups is 1. The van der Waals surface area contributed by atoms with E-state index in [-0.39, 0.29) is 11.9 Å². The third-order valence-electron chi connectivity index (χ3n) is 4.40. The molecule has 6 heteroatoms. The fraction of sp³-hybridized carbons (Fsp3) is 0.278. The molecule has 0 unspecified atom stereocenters. The van der Waals surface area contributed by atoms with Crippen molar-refractivity contribution in [1.29, 1.82) is 0 Å². The maximum absolute atomic E-state index is 12.9. The largest absolute Gasteiger partial charge is 0.305 e. The van der Waals surface area contributed by atoms with E-state index >= 15 is 0 Å². The van der Waals surface area contributed by atoms with Crippen LogP contribution in [0, 0.1) is 0 Å². The highest BCUT2D eigenvalue weighted by molar-refractivity contribution is 7.92. The third-order valence-corrected chi connectivity index (χ3v) is 5.61. The van der Waals surface area contributed by atoms with Crippen molar-refractivity contribution < 1.29 is 13.2 Å². The fourth-order valence-corrected chi connectivity index (χ4v) is 3.52. The molecule has 0 spiro atoms. The number of para-hydroxylation sites is 1. The number of sulfonamides is 1. The summed E-state index contributed by atoms with van der Waals surface area (Å²) >= 11 is 0. The first-order valence-electron chi connectivity index (χ1n) is 7.74. The Kier molecular flexibility index (Phi) is 4.09. The number of hydrogen-bond donors (Lipinski definition) is 0. The van der Waals surface area contributed by atoms with Gasteiger partial charge in [-0.2, -0.15) is 0 Å². The van der Waals surface area contributed by atoms with Gasteiger partial charge in [0.2, 0.25) is 10.0 Å². The number of anilines is 2. The number of fused-ring (bicyclic) bond motifs is 1. The molecule has 0 N–H and O–H groups in total. The second-order valence-electron chi connectivity index (χ2n) is 6.13. The molecular formula is C18H20N2O3S. The van der Waals surface area contributed by atoms with Crippen LogP contribution in [0.5, 0.6) is 0 Å². The molecule has 0 aromatic heterocycles. The van der Waals surface area contributed by atoms with Crippen LogP contribution in [0.2, 0.25) is 0 Å². The smallest absolute Gasteiger partial charge is 0.258 e. The zero-order chi connectivity index (χ0) is 17.5. The molecule has 0 saturated heterocycles. The molecule has 5 nitrogen and oxygen atoms in total. The summed E-state index contributed by atoms with van der Waals surface area (Å²) in [6.45, 7) is 2.03. The van der Waals surface area contributed by atoms with E-state index in [1.54, 1.807) is 24.3 Å². The Balaban J connectivity index is 1.89. The first-order chi connectivity index (χ1) is 11.3. The normalized spacial score (nSPS) is 16.8. The van der Waals surface area contributed by atoms with E-state index in [0.29, 0.717) is 11.3 Å². The molecule has 0 fully saturated rings. The minimum absolute atomic E-state index is 0.0685. The van der Waals surface area contributed by atoms with Crippen LogP contribution in [0.1, 0.15) is 22.8 Å². The van der Waals surface area contributed by atoms with Crippen molar-refractivity contribution in [1.82, 2.24) is 0 Å². The zero-order valence-electron chi connectivity index (χ0n) is 13.9.